The van der Waals surface area contributed by atoms with Crippen molar-refractivity contribution < 1.29 is 17.9 Å². The fraction of sp³-hybridized carbons (Fsp3) is 0.200. The summed E-state index contributed by atoms with van der Waals surface area (Å²) in [5, 5.41) is 10.6. The van der Waals surface area contributed by atoms with Gasteiger partial charge in [0.15, 0.2) is 10.8 Å². The van der Waals surface area contributed by atoms with Crippen LogP contribution in [0.1, 0.15) is 17.3 Å². The van der Waals surface area contributed by atoms with Crippen molar-refractivity contribution in [3.63, 3.8) is 0 Å². The molecule has 0 N–H and O–H groups in total. The molecule has 0 aliphatic heterocycles. The molecule has 0 bridgehead atoms. The van der Waals surface area contributed by atoms with Gasteiger partial charge in [-0.15, -0.1) is 5.10 Å². The van der Waals surface area contributed by atoms with Crippen LogP contribution < -0.4 is 0 Å². The zero-order valence-corrected chi connectivity index (χ0v) is 11.8. The number of carbonyl (C=O) groups excluding carboxylic acids is 1. The molecule has 0 saturated heterocycles. The molecule has 0 aliphatic carbocycles. The first-order valence-corrected chi connectivity index (χ1v) is 7.74. The molecule has 0 radical (unpaired) electrons. The summed E-state index contributed by atoms with van der Waals surface area (Å²) < 4.78 is 29.0. The predicted molar refractivity (Wildman–Crippen MR) is 68.1 cm³/mol. The van der Waals surface area contributed by atoms with E-state index in [1.807, 2.05) is 0 Å². The SMILES string of the molecule is CCOC(=O)c1cnn(-c2cccnn2)c1S(=O)(=O)Cl. The maximum absolute atomic E-state index is 11.7. The molecule has 2 aromatic heterocycles. The van der Waals surface area contributed by atoms with Gasteiger partial charge in [0.05, 0.1) is 12.8 Å². The molecule has 2 heterocycles. The van der Waals surface area contributed by atoms with Gasteiger partial charge >= 0.3 is 5.97 Å². The van der Waals surface area contributed by atoms with Gasteiger partial charge in [-0.2, -0.15) is 14.9 Å². The number of hydrogen-bond donors (Lipinski definition) is 0. The molecule has 2 rings (SSSR count). The van der Waals surface area contributed by atoms with Crippen LogP contribution in [0.5, 0.6) is 0 Å². The third-order valence-corrected chi connectivity index (χ3v) is 3.52. The lowest BCUT2D eigenvalue weighted by Gasteiger charge is -2.05. The minimum absolute atomic E-state index is 0.0942. The second-order valence-corrected chi connectivity index (χ2v) is 6.00. The maximum atomic E-state index is 11.7. The summed E-state index contributed by atoms with van der Waals surface area (Å²) >= 11 is 0. The molecule has 0 unspecified atom stereocenters. The van der Waals surface area contributed by atoms with E-state index in [-0.39, 0.29) is 18.0 Å². The van der Waals surface area contributed by atoms with E-state index in [4.69, 9.17) is 15.4 Å². The second kappa shape index (κ2) is 5.55. The lowest BCUT2D eigenvalue weighted by atomic mass is 10.4. The highest BCUT2D eigenvalue weighted by atomic mass is 35.7. The van der Waals surface area contributed by atoms with Crippen LogP contribution in [0, 0.1) is 0 Å². The van der Waals surface area contributed by atoms with Gasteiger partial charge in [-0.1, -0.05) is 0 Å². The van der Waals surface area contributed by atoms with Crippen LogP contribution in [0.25, 0.3) is 5.82 Å². The highest BCUT2D eigenvalue weighted by Crippen LogP contribution is 2.23. The second-order valence-electron chi connectivity index (χ2n) is 3.52. The number of nitrogens with zero attached hydrogens (tertiary/aromatic N) is 4. The van der Waals surface area contributed by atoms with Crippen molar-refractivity contribution in [2.45, 2.75) is 11.9 Å². The largest absolute Gasteiger partial charge is 0.462 e. The van der Waals surface area contributed by atoms with E-state index in [1.165, 1.54) is 12.3 Å². The molecule has 0 aliphatic rings. The van der Waals surface area contributed by atoms with E-state index in [0.29, 0.717) is 0 Å². The molecule has 0 amide bonds. The van der Waals surface area contributed by atoms with Crippen LogP contribution in [0.2, 0.25) is 0 Å². The average Bonchev–Trinajstić information content (AvgIpc) is 2.84. The van der Waals surface area contributed by atoms with Crippen molar-refractivity contribution in [1.82, 2.24) is 20.0 Å². The van der Waals surface area contributed by atoms with E-state index in [2.05, 4.69) is 15.3 Å². The van der Waals surface area contributed by atoms with Gasteiger partial charge in [-0.3, -0.25) is 0 Å². The van der Waals surface area contributed by atoms with Crippen molar-refractivity contribution in [3.8, 4) is 5.82 Å². The molecular weight excluding hydrogens is 308 g/mol. The van der Waals surface area contributed by atoms with Gasteiger partial charge in [0.25, 0.3) is 9.05 Å². The Morgan fingerprint density at radius 2 is 2.25 bits per heavy atom. The van der Waals surface area contributed by atoms with Gasteiger partial charge in [0, 0.05) is 16.9 Å². The van der Waals surface area contributed by atoms with Crippen molar-refractivity contribution in [2.24, 2.45) is 0 Å². The molecule has 0 fully saturated rings. The number of esters is 1. The molecule has 0 atom stereocenters. The van der Waals surface area contributed by atoms with Gasteiger partial charge in [-0.05, 0) is 19.1 Å². The molecule has 0 spiro atoms. The topological polar surface area (TPSA) is 104 Å². The minimum Gasteiger partial charge on any atom is -0.462 e. The van der Waals surface area contributed by atoms with E-state index >= 15 is 0 Å². The van der Waals surface area contributed by atoms with Crippen LogP contribution in [-0.2, 0) is 13.8 Å². The first-order valence-electron chi connectivity index (χ1n) is 5.43. The van der Waals surface area contributed by atoms with E-state index in [1.54, 1.807) is 13.0 Å². The summed E-state index contributed by atoms with van der Waals surface area (Å²) in [5.74, 6) is -0.718. The summed E-state index contributed by atoms with van der Waals surface area (Å²) in [4.78, 5) is 11.7. The van der Waals surface area contributed by atoms with Crippen LogP contribution in [0.4, 0.5) is 0 Å². The molecule has 0 aromatic carbocycles. The highest BCUT2D eigenvalue weighted by molar-refractivity contribution is 8.13. The molecule has 0 saturated carbocycles. The quantitative estimate of drug-likeness (QED) is 0.606. The van der Waals surface area contributed by atoms with Gasteiger partial charge < -0.3 is 4.74 Å². The van der Waals surface area contributed by atoms with E-state index in [9.17, 15) is 13.2 Å². The third kappa shape index (κ3) is 2.78. The number of hydrogen-bond acceptors (Lipinski definition) is 7. The first-order chi connectivity index (χ1) is 9.45. The number of aromatic nitrogens is 4. The monoisotopic (exact) mass is 316 g/mol. The Labute approximate surface area is 118 Å². The molecule has 106 valence electrons. The smallest absolute Gasteiger partial charge is 0.342 e. The molecule has 10 heteroatoms. The van der Waals surface area contributed by atoms with Crippen LogP contribution in [-0.4, -0.2) is 41.0 Å². The number of ether oxygens (including phenoxy) is 1. The fourth-order valence-corrected chi connectivity index (χ4v) is 2.68. The van der Waals surface area contributed by atoms with Gasteiger partial charge in [-0.25, -0.2) is 13.2 Å². The lowest BCUT2D eigenvalue weighted by Crippen LogP contribution is -2.12. The highest BCUT2D eigenvalue weighted by Gasteiger charge is 2.29. The number of rotatable bonds is 4. The molecule has 2 aromatic rings. The van der Waals surface area contributed by atoms with Crippen molar-refractivity contribution in [1.29, 1.82) is 0 Å². The van der Waals surface area contributed by atoms with Gasteiger partial charge in [0.1, 0.15) is 5.56 Å². The molecule has 20 heavy (non-hydrogen) atoms. The summed E-state index contributed by atoms with van der Waals surface area (Å²) in [5.41, 5.74) is -0.257. The van der Waals surface area contributed by atoms with E-state index in [0.717, 1.165) is 10.9 Å². The minimum atomic E-state index is -4.23. The van der Waals surface area contributed by atoms with E-state index < -0.39 is 20.0 Å². The van der Waals surface area contributed by atoms with Crippen molar-refractivity contribution in [3.05, 3.63) is 30.1 Å². The standard InChI is InChI=1S/C10H9ClN4O4S/c1-2-19-10(16)7-6-13-15(9(7)20(11,17)18)8-4-3-5-12-14-8/h3-6H,2H2,1H3. The van der Waals surface area contributed by atoms with Crippen LogP contribution >= 0.6 is 10.7 Å². The summed E-state index contributed by atoms with van der Waals surface area (Å²) in [6, 6.07) is 3.01. The summed E-state index contributed by atoms with van der Waals surface area (Å²) in [6.45, 7) is 1.69. The Kier molecular flexibility index (Phi) is 4.00. The van der Waals surface area contributed by atoms with Crippen molar-refractivity contribution in [2.75, 3.05) is 6.61 Å². The summed E-state index contributed by atoms with van der Waals surface area (Å²) in [7, 11) is 1.13. The Hall–Kier alpha value is -2.00. The third-order valence-electron chi connectivity index (χ3n) is 2.23. The Morgan fingerprint density at radius 1 is 1.50 bits per heavy atom. The molecule has 8 nitrogen and oxygen atoms in total. The predicted octanol–water partition coefficient (Wildman–Crippen LogP) is 0.766. The van der Waals surface area contributed by atoms with Gasteiger partial charge in [0.2, 0.25) is 0 Å². The zero-order chi connectivity index (χ0) is 14.8. The normalized spacial score (nSPS) is 11.3. The maximum Gasteiger partial charge on any atom is 0.342 e. The zero-order valence-electron chi connectivity index (χ0n) is 10.2. The van der Waals surface area contributed by atoms with Crippen molar-refractivity contribution >= 4 is 25.7 Å². The Morgan fingerprint density at radius 3 is 2.80 bits per heavy atom. The van der Waals surface area contributed by atoms with Crippen LogP contribution in [0.3, 0.4) is 0 Å². The first kappa shape index (κ1) is 14.4. The fourth-order valence-electron chi connectivity index (χ4n) is 1.49. The number of halogens is 1. The lowest BCUT2D eigenvalue weighted by molar-refractivity contribution is 0.0521. The Balaban J connectivity index is 2.64. The Bertz CT molecular complexity index is 729. The van der Waals surface area contributed by atoms with Crippen LogP contribution in [0.15, 0.2) is 29.6 Å². The summed E-state index contributed by atoms with van der Waals surface area (Å²) in [6.07, 6.45) is 2.47. The molecular formula is C10H9ClN4O4S. The average molecular weight is 317 g/mol. The number of carbonyl (C=O) groups is 1.